The van der Waals surface area contributed by atoms with Crippen LogP contribution in [0.25, 0.3) is 0 Å². The number of hydrogen-bond acceptors (Lipinski definition) is 5. The Morgan fingerprint density at radius 2 is 1.48 bits per heavy atom. The van der Waals surface area contributed by atoms with Gasteiger partial charge in [-0.2, -0.15) is 0 Å². The van der Waals surface area contributed by atoms with Crippen molar-refractivity contribution in [1.29, 1.82) is 0 Å². The van der Waals surface area contributed by atoms with E-state index in [2.05, 4.69) is 5.32 Å². The molecule has 33 heavy (non-hydrogen) atoms. The van der Waals surface area contributed by atoms with Gasteiger partial charge in [0, 0.05) is 5.56 Å². The second kappa shape index (κ2) is 10.4. The van der Waals surface area contributed by atoms with Crippen LogP contribution >= 0.6 is 0 Å². The zero-order chi connectivity index (χ0) is 24.0. The minimum absolute atomic E-state index is 0.0876. The Hall–Kier alpha value is -3.52. The van der Waals surface area contributed by atoms with Crippen molar-refractivity contribution in [3.05, 3.63) is 83.9 Å². The molecule has 174 valence electrons. The smallest absolute Gasteiger partial charge is 0.264 e. The predicted octanol–water partition coefficient (Wildman–Crippen LogP) is 4.08. The predicted molar refractivity (Wildman–Crippen MR) is 128 cm³/mol. The monoisotopic (exact) mass is 468 g/mol. The fourth-order valence-electron chi connectivity index (χ4n) is 3.49. The van der Waals surface area contributed by atoms with E-state index in [4.69, 9.17) is 9.47 Å². The van der Waals surface area contributed by atoms with Crippen LogP contribution < -0.4 is 19.1 Å². The molecule has 0 fully saturated rings. The van der Waals surface area contributed by atoms with E-state index < -0.39 is 28.5 Å². The molecular formula is C25H28N2O5S. The lowest BCUT2D eigenvalue weighted by Gasteiger charge is -2.26. The topological polar surface area (TPSA) is 84.9 Å². The molecule has 0 radical (unpaired) electrons. The SMILES string of the molecule is COc1ccccc1[C@@H](C)NC(=O)CN(c1ccccc1OC)S(=O)(=O)c1ccc(C)cc1. The van der Waals surface area contributed by atoms with Crippen LogP contribution in [-0.2, 0) is 14.8 Å². The van der Waals surface area contributed by atoms with Gasteiger partial charge in [0.15, 0.2) is 0 Å². The highest BCUT2D eigenvalue weighted by atomic mass is 32.2. The highest BCUT2D eigenvalue weighted by Gasteiger charge is 2.30. The van der Waals surface area contributed by atoms with Gasteiger partial charge < -0.3 is 14.8 Å². The Labute approximate surface area is 195 Å². The van der Waals surface area contributed by atoms with Gasteiger partial charge in [0.25, 0.3) is 10.0 Å². The number of anilines is 1. The van der Waals surface area contributed by atoms with Crippen molar-refractivity contribution >= 4 is 21.6 Å². The summed E-state index contributed by atoms with van der Waals surface area (Å²) >= 11 is 0. The second-order valence-corrected chi connectivity index (χ2v) is 9.39. The zero-order valence-electron chi connectivity index (χ0n) is 19.1. The molecule has 1 atom stereocenters. The number of methoxy groups -OCH3 is 2. The molecule has 0 saturated heterocycles. The minimum Gasteiger partial charge on any atom is -0.496 e. The fraction of sp³-hybridized carbons (Fsp3) is 0.240. The van der Waals surface area contributed by atoms with Crippen molar-refractivity contribution in [3.63, 3.8) is 0 Å². The number of nitrogens with one attached hydrogen (secondary N) is 1. The first-order valence-electron chi connectivity index (χ1n) is 10.4. The molecule has 1 N–H and O–H groups in total. The van der Waals surface area contributed by atoms with E-state index in [1.165, 1.54) is 19.2 Å². The maximum atomic E-state index is 13.6. The van der Waals surface area contributed by atoms with Gasteiger partial charge in [0.2, 0.25) is 5.91 Å². The molecule has 3 aromatic rings. The molecular weight excluding hydrogens is 440 g/mol. The summed E-state index contributed by atoms with van der Waals surface area (Å²) in [6, 6.07) is 20.2. The third kappa shape index (κ3) is 5.46. The van der Waals surface area contributed by atoms with Crippen LogP contribution in [-0.4, -0.2) is 35.1 Å². The van der Waals surface area contributed by atoms with Gasteiger partial charge in [0.1, 0.15) is 18.0 Å². The van der Waals surface area contributed by atoms with Crippen molar-refractivity contribution in [2.24, 2.45) is 0 Å². The Bertz CT molecular complexity index is 1210. The number of aryl methyl sites for hydroxylation is 1. The normalized spacial score (nSPS) is 12.0. The maximum Gasteiger partial charge on any atom is 0.264 e. The van der Waals surface area contributed by atoms with Crippen LogP contribution in [0.15, 0.2) is 77.7 Å². The first-order valence-corrected chi connectivity index (χ1v) is 11.9. The van der Waals surface area contributed by atoms with Crippen molar-refractivity contribution in [3.8, 4) is 11.5 Å². The van der Waals surface area contributed by atoms with Crippen molar-refractivity contribution < 1.29 is 22.7 Å². The molecule has 0 aliphatic heterocycles. The zero-order valence-corrected chi connectivity index (χ0v) is 19.9. The number of sulfonamides is 1. The summed E-state index contributed by atoms with van der Waals surface area (Å²) in [6.07, 6.45) is 0. The van der Waals surface area contributed by atoms with Crippen LogP contribution in [0.2, 0.25) is 0 Å². The van der Waals surface area contributed by atoms with Gasteiger partial charge in [-0.3, -0.25) is 9.10 Å². The molecule has 0 aliphatic carbocycles. The molecule has 0 saturated carbocycles. The third-order valence-corrected chi connectivity index (χ3v) is 7.01. The van der Waals surface area contributed by atoms with Crippen LogP contribution in [0.4, 0.5) is 5.69 Å². The van der Waals surface area contributed by atoms with Crippen LogP contribution in [0.5, 0.6) is 11.5 Å². The van der Waals surface area contributed by atoms with Gasteiger partial charge in [0.05, 0.1) is 30.8 Å². The average molecular weight is 469 g/mol. The summed E-state index contributed by atoms with van der Waals surface area (Å²) in [4.78, 5) is 13.1. The Kier molecular flexibility index (Phi) is 7.60. The van der Waals surface area contributed by atoms with E-state index in [9.17, 15) is 13.2 Å². The van der Waals surface area contributed by atoms with Gasteiger partial charge in [-0.25, -0.2) is 8.42 Å². The van der Waals surface area contributed by atoms with Crippen LogP contribution in [0.1, 0.15) is 24.1 Å². The first kappa shape index (κ1) is 24.1. The van der Waals surface area contributed by atoms with E-state index in [0.717, 1.165) is 15.4 Å². The third-order valence-electron chi connectivity index (χ3n) is 5.23. The molecule has 3 aromatic carbocycles. The number of carbonyl (C=O) groups is 1. The molecule has 0 aromatic heterocycles. The highest BCUT2D eigenvalue weighted by Crippen LogP contribution is 2.32. The number of carbonyl (C=O) groups excluding carboxylic acids is 1. The molecule has 0 unspecified atom stereocenters. The lowest BCUT2D eigenvalue weighted by Crippen LogP contribution is -2.41. The highest BCUT2D eigenvalue weighted by molar-refractivity contribution is 7.92. The number of nitrogens with zero attached hydrogens (tertiary/aromatic N) is 1. The quantitative estimate of drug-likeness (QED) is 0.511. The van der Waals surface area contributed by atoms with E-state index >= 15 is 0 Å². The molecule has 0 aliphatic rings. The van der Waals surface area contributed by atoms with Crippen molar-refractivity contribution in [2.45, 2.75) is 24.8 Å². The van der Waals surface area contributed by atoms with Crippen LogP contribution in [0.3, 0.4) is 0 Å². The van der Waals surface area contributed by atoms with Crippen LogP contribution in [0, 0.1) is 6.92 Å². The summed E-state index contributed by atoms with van der Waals surface area (Å²) in [6.45, 7) is 3.27. The number of amides is 1. The van der Waals surface area contributed by atoms with Gasteiger partial charge >= 0.3 is 0 Å². The van der Waals surface area contributed by atoms with E-state index in [-0.39, 0.29) is 10.6 Å². The molecule has 0 bridgehead atoms. The number of benzene rings is 3. The van der Waals surface area contributed by atoms with Gasteiger partial charge in [-0.1, -0.05) is 48.0 Å². The molecule has 0 spiro atoms. The largest absolute Gasteiger partial charge is 0.496 e. The van der Waals surface area contributed by atoms with E-state index in [0.29, 0.717) is 11.5 Å². The molecule has 3 rings (SSSR count). The Morgan fingerprint density at radius 3 is 2.12 bits per heavy atom. The van der Waals surface area contributed by atoms with Gasteiger partial charge in [-0.15, -0.1) is 0 Å². The maximum absolute atomic E-state index is 13.6. The Balaban J connectivity index is 1.94. The number of ether oxygens (including phenoxy) is 2. The van der Waals surface area contributed by atoms with E-state index in [1.807, 2.05) is 32.0 Å². The average Bonchev–Trinajstić information content (AvgIpc) is 2.82. The standard InChI is InChI=1S/C25H28N2O5S/c1-18-13-15-20(16-14-18)33(29,30)27(22-10-6-8-12-24(22)32-4)17-25(28)26-19(2)21-9-5-7-11-23(21)31-3/h5-16,19H,17H2,1-4H3,(H,26,28)/t19-/m1/s1. The first-order chi connectivity index (χ1) is 15.8. The molecule has 0 heterocycles. The summed E-state index contributed by atoms with van der Waals surface area (Å²) < 4.78 is 39.0. The number of rotatable bonds is 9. The minimum atomic E-state index is -4.04. The summed E-state index contributed by atoms with van der Waals surface area (Å²) in [5, 5.41) is 2.88. The lowest BCUT2D eigenvalue weighted by molar-refractivity contribution is -0.120. The summed E-state index contributed by atoms with van der Waals surface area (Å²) in [5.74, 6) is 0.521. The fourth-order valence-corrected chi connectivity index (χ4v) is 4.92. The number of para-hydroxylation sites is 3. The summed E-state index contributed by atoms with van der Waals surface area (Å²) in [7, 11) is -1.03. The second-order valence-electron chi connectivity index (χ2n) is 7.53. The van der Waals surface area contributed by atoms with Crippen molar-refractivity contribution in [1.82, 2.24) is 5.32 Å². The summed E-state index contributed by atoms with van der Waals surface area (Å²) in [5.41, 5.74) is 2.00. The number of hydrogen-bond donors (Lipinski definition) is 1. The van der Waals surface area contributed by atoms with Crippen molar-refractivity contribution in [2.75, 3.05) is 25.1 Å². The molecule has 1 amide bonds. The molecule has 8 heteroatoms. The molecule has 7 nitrogen and oxygen atoms in total. The van der Waals surface area contributed by atoms with E-state index in [1.54, 1.807) is 49.6 Å². The Morgan fingerprint density at radius 1 is 0.909 bits per heavy atom. The van der Waals surface area contributed by atoms with Gasteiger partial charge in [-0.05, 0) is 44.2 Å². The lowest BCUT2D eigenvalue weighted by atomic mass is 10.1.